The number of nitrogens with one attached hydrogen (secondary N) is 1. The third-order valence-corrected chi connectivity index (χ3v) is 5.30. The maximum atomic E-state index is 13.2. The second-order valence-corrected chi connectivity index (χ2v) is 7.67. The van der Waals surface area contributed by atoms with Gasteiger partial charge in [0.15, 0.2) is 0 Å². The summed E-state index contributed by atoms with van der Waals surface area (Å²) in [5.74, 6) is -0.315. The van der Waals surface area contributed by atoms with Gasteiger partial charge in [0.05, 0.1) is 12.1 Å². The Morgan fingerprint density at radius 2 is 1.65 bits per heavy atom. The molecule has 3 aromatic carbocycles. The smallest absolute Gasteiger partial charge is 0.295 e. The van der Waals surface area contributed by atoms with Gasteiger partial charge < -0.3 is 10.2 Å². The van der Waals surface area contributed by atoms with Crippen molar-refractivity contribution in [2.45, 2.75) is 20.3 Å². The molecule has 0 aliphatic heterocycles. The van der Waals surface area contributed by atoms with Crippen LogP contribution >= 0.6 is 0 Å². The Labute approximate surface area is 196 Å². The van der Waals surface area contributed by atoms with Crippen LogP contribution in [0.1, 0.15) is 28.9 Å². The van der Waals surface area contributed by atoms with E-state index in [1.54, 1.807) is 36.1 Å². The molecule has 34 heavy (non-hydrogen) atoms. The molecule has 0 bridgehead atoms. The molecular weight excluding hydrogens is 433 g/mol. The van der Waals surface area contributed by atoms with Crippen molar-refractivity contribution in [3.63, 3.8) is 0 Å². The second-order valence-electron chi connectivity index (χ2n) is 7.67. The molecule has 1 N–H and O–H groups in total. The summed E-state index contributed by atoms with van der Waals surface area (Å²) in [5.41, 5.74) is 2.87. The van der Waals surface area contributed by atoms with Crippen LogP contribution in [-0.2, 0) is 11.2 Å². The number of aromatic nitrogens is 3. The number of likely N-dealkylation sites (N-methyl/N-ethyl adjacent to an activating group) is 1. The Balaban J connectivity index is 1.41. The molecule has 0 saturated heterocycles. The lowest BCUT2D eigenvalue weighted by molar-refractivity contribution is -0.117. The Kier molecular flexibility index (Phi) is 6.77. The first-order valence-corrected chi connectivity index (χ1v) is 10.9. The predicted molar refractivity (Wildman–Crippen MR) is 129 cm³/mol. The van der Waals surface area contributed by atoms with Gasteiger partial charge >= 0.3 is 0 Å². The summed E-state index contributed by atoms with van der Waals surface area (Å²) in [7, 11) is 0. The molecule has 1 aromatic heterocycles. The summed E-state index contributed by atoms with van der Waals surface area (Å²) in [6.45, 7) is 4.23. The van der Waals surface area contributed by atoms with Gasteiger partial charge in [-0.3, -0.25) is 9.59 Å². The van der Waals surface area contributed by atoms with Gasteiger partial charge in [0.2, 0.25) is 11.7 Å². The van der Waals surface area contributed by atoms with E-state index in [4.69, 9.17) is 0 Å². The third kappa shape index (κ3) is 5.17. The molecule has 0 aliphatic carbocycles. The van der Waals surface area contributed by atoms with E-state index < -0.39 is 5.91 Å². The van der Waals surface area contributed by atoms with E-state index in [1.807, 2.05) is 49.4 Å². The van der Waals surface area contributed by atoms with Crippen LogP contribution in [0.5, 0.6) is 0 Å². The van der Waals surface area contributed by atoms with Gasteiger partial charge in [0, 0.05) is 17.9 Å². The van der Waals surface area contributed by atoms with Crippen LogP contribution in [0.4, 0.5) is 15.8 Å². The van der Waals surface area contributed by atoms with Gasteiger partial charge in [0.25, 0.3) is 5.91 Å². The molecule has 2 amide bonds. The van der Waals surface area contributed by atoms with Gasteiger partial charge in [-0.15, -0.1) is 5.10 Å². The summed E-state index contributed by atoms with van der Waals surface area (Å²) in [4.78, 5) is 31.4. The van der Waals surface area contributed by atoms with Crippen molar-refractivity contribution in [1.29, 1.82) is 0 Å². The third-order valence-electron chi connectivity index (χ3n) is 5.30. The van der Waals surface area contributed by atoms with E-state index in [0.717, 1.165) is 11.3 Å². The number of rotatable bonds is 7. The molecule has 0 spiro atoms. The molecule has 4 rings (SSSR count). The number of carbonyl (C=O) groups is 2. The van der Waals surface area contributed by atoms with Crippen LogP contribution in [0, 0.1) is 12.7 Å². The minimum Gasteiger partial charge on any atom is -0.319 e. The van der Waals surface area contributed by atoms with Crippen LogP contribution in [0.3, 0.4) is 0 Å². The number of benzene rings is 3. The molecule has 7 nitrogen and oxygen atoms in total. The molecule has 0 radical (unpaired) electrons. The SMILES string of the molecule is CCN(C(=O)Cc1ccc(NC(=O)c2nc(C)n(-c3ccc(F)cc3)n2)cc1)c1ccccc1. The summed E-state index contributed by atoms with van der Waals surface area (Å²) in [6.07, 6.45) is 0.250. The fraction of sp³-hybridized carbons (Fsp3) is 0.154. The number of hydrogen-bond donors (Lipinski definition) is 1. The summed E-state index contributed by atoms with van der Waals surface area (Å²) in [5, 5.41) is 7.01. The number of amides is 2. The van der Waals surface area contributed by atoms with Crippen LogP contribution < -0.4 is 10.2 Å². The van der Waals surface area contributed by atoms with Crippen molar-refractivity contribution >= 4 is 23.2 Å². The van der Waals surface area contributed by atoms with Crippen molar-refractivity contribution in [2.24, 2.45) is 0 Å². The summed E-state index contributed by atoms with van der Waals surface area (Å²) < 4.78 is 14.7. The molecule has 0 aliphatic rings. The van der Waals surface area contributed by atoms with Crippen molar-refractivity contribution in [3.8, 4) is 5.69 Å². The fourth-order valence-corrected chi connectivity index (χ4v) is 3.59. The van der Waals surface area contributed by atoms with E-state index >= 15 is 0 Å². The number of nitrogens with zero attached hydrogens (tertiary/aromatic N) is 4. The number of hydrogen-bond acceptors (Lipinski definition) is 4. The maximum absolute atomic E-state index is 13.2. The van der Waals surface area contributed by atoms with E-state index in [0.29, 0.717) is 23.7 Å². The normalized spacial score (nSPS) is 10.7. The Hall–Kier alpha value is -4.33. The Bertz CT molecular complexity index is 1290. The van der Waals surface area contributed by atoms with Crippen molar-refractivity contribution in [3.05, 3.63) is 102 Å². The number of halogens is 1. The summed E-state index contributed by atoms with van der Waals surface area (Å²) >= 11 is 0. The first kappa shape index (κ1) is 22.8. The summed E-state index contributed by atoms with van der Waals surface area (Å²) in [6, 6.07) is 22.4. The highest BCUT2D eigenvalue weighted by molar-refractivity contribution is 6.01. The first-order chi connectivity index (χ1) is 16.4. The highest BCUT2D eigenvalue weighted by Crippen LogP contribution is 2.17. The maximum Gasteiger partial charge on any atom is 0.295 e. The van der Waals surface area contributed by atoms with E-state index in [-0.39, 0.29) is 24.0 Å². The lowest BCUT2D eigenvalue weighted by Crippen LogP contribution is -2.31. The van der Waals surface area contributed by atoms with E-state index in [2.05, 4.69) is 15.4 Å². The van der Waals surface area contributed by atoms with Crippen molar-refractivity contribution in [1.82, 2.24) is 14.8 Å². The zero-order valence-corrected chi connectivity index (χ0v) is 18.9. The quantitative estimate of drug-likeness (QED) is 0.441. The molecule has 8 heteroatoms. The van der Waals surface area contributed by atoms with Gasteiger partial charge in [0.1, 0.15) is 11.6 Å². The van der Waals surface area contributed by atoms with Gasteiger partial charge in [-0.05, 0) is 67.9 Å². The average molecular weight is 458 g/mol. The minimum absolute atomic E-state index is 0.00234. The largest absolute Gasteiger partial charge is 0.319 e. The Morgan fingerprint density at radius 1 is 0.971 bits per heavy atom. The average Bonchev–Trinajstić information content (AvgIpc) is 3.24. The van der Waals surface area contributed by atoms with Crippen LogP contribution in [-0.4, -0.2) is 33.1 Å². The number of anilines is 2. The highest BCUT2D eigenvalue weighted by Gasteiger charge is 2.17. The zero-order chi connectivity index (χ0) is 24.1. The number of carbonyl (C=O) groups excluding carboxylic acids is 2. The zero-order valence-electron chi connectivity index (χ0n) is 18.9. The molecule has 0 unspecified atom stereocenters. The monoisotopic (exact) mass is 457 g/mol. The number of aryl methyl sites for hydroxylation is 1. The molecule has 0 fully saturated rings. The molecule has 0 atom stereocenters. The first-order valence-electron chi connectivity index (χ1n) is 10.9. The predicted octanol–water partition coefficient (Wildman–Crippen LogP) is 4.56. The highest BCUT2D eigenvalue weighted by atomic mass is 19.1. The Morgan fingerprint density at radius 3 is 2.29 bits per heavy atom. The lowest BCUT2D eigenvalue weighted by atomic mass is 10.1. The van der Waals surface area contributed by atoms with Crippen LogP contribution in [0.25, 0.3) is 5.69 Å². The number of para-hydroxylation sites is 1. The van der Waals surface area contributed by atoms with Gasteiger partial charge in [-0.25, -0.2) is 14.1 Å². The molecule has 1 heterocycles. The van der Waals surface area contributed by atoms with Crippen molar-refractivity contribution in [2.75, 3.05) is 16.8 Å². The van der Waals surface area contributed by atoms with Crippen LogP contribution in [0.2, 0.25) is 0 Å². The van der Waals surface area contributed by atoms with Gasteiger partial charge in [-0.2, -0.15) is 0 Å². The lowest BCUT2D eigenvalue weighted by Gasteiger charge is -2.21. The topological polar surface area (TPSA) is 80.1 Å². The van der Waals surface area contributed by atoms with Crippen molar-refractivity contribution < 1.29 is 14.0 Å². The molecule has 4 aromatic rings. The molecular formula is C26H24FN5O2. The van der Waals surface area contributed by atoms with E-state index in [9.17, 15) is 14.0 Å². The molecule has 0 saturated carbocycles. The second kappa shape index (κ2) is 10.1. The van der Waals surface area contributed by atoms with Crippen LogP contribution in [0.15, 0.2) is 78.9 Å². The van der Waals surface area contributed by atoms with Gasteiger partial charge in [-0.1, -0.05) is 30.3 Å². The van der Waals surface area contributed by atoms with E-state index in [1.165, 1.54) is 16.8 Å². The standard InChI is InChI=1S/C26H24FN5O2/c1-3-31(22-7-5-4-6-8-22)24(33)17-19-9-13-21(14-10-19)29-26(34)25-28-18(2)32(30-25)23-15-11-20(27)12-16-23/h4-16H,3,17H2,1-2H3,(H,29,34). The minimum atomic E-state index is -0.464. The molecule has 172 valence electrons. The fourth-order valence-electron chi connectivity index (χ4n) is 3.59.